The number of allylic oxidation sites excluding steroid dienone is 4. The van der Waals surface area contributed by atoms with Crippen molar-refractivity contribution in [2.24, 2.45) is 0 Å². The quantitative estimate of drug-likeness (QED) is 0.698. The first kappa shape index (κ1) is 19.7. The normalized spacial score (nSPS) is 20.3. The molecule has 7 heteroatoms. The molecule has 0 spiro atoms. The first-order valence-corrected chi connectivity index (χ1v) is 9.01. The molecule has 2 heterocycles. The van der Waals surface area contributed by atoms with E-state index in [4.69, 9.17) is 11.6 Å². The summed E-state index contributed by atoms with van der Waals surface area (Å²) in [6.45, 7) is 5.25. The van der Waals surface area contributed by atoms with Gasteiger partial charge in [0.15, 0.2) is 11.6 Å². The van der Waals surface area contributed by atoms with Gasteiger partial charge in [0.05, 0.1) is 10.6 Å². The summed E-state index contributed by atoms with van der Waals surface area (Å²) in [5.74, 6) is -1.31. The van der Waals surface area contributed by atoms with Gasteiger partial charge in [-0.2, -0.15) is 13.2 Å². The Labute approximate surface area is 160 Å². The van der Waals surface area contributed by atoms with Crippen LogP contribution >= 0.6 is 11.6 Å². The largest absolute Gasteiger partial charge is 0.417 e. The Morgan fingerprint density at radius 1 is 1.15 bits per heavy atom. The Kier molecular flexibility index (Phi) is 4.97. The number of Topliss-reactive ketones (excluding diaryl/α,β-unsaturated/α-hetero) is 2. The topological polar surface area (TPSA) is 37.4 Å². The zero-order valence-electron chi connectivity index (χ0n) is 15.2. The van der Waals surface area contributed by atoms with Crippen LogP contribution in [0.2, 0.25) is 5.02 Å². The van der Waals surface area contributed by atoms with E-state index in [1.807, 2.05) is 4.90 Å². The Hall–Kier alpha value is -2.08. The van der Waals surface area contributed by atoms with Crippen LogP contribution in [0, 0.1) is 0 Å². The second-order valence-corrected chi connectivity index (χ2v) is 7.30. The van der Waals surface area contributed by atoms with Crippen LogP contribution in [0.5, 0.6) is 0 Å². The number of nitrogens with zero attached hydrogens (tertiary/aromatic N) is 1. The lowest BCUT2D eigenvalue weighted by Gasteiger charge is -2.36. The lowest BCUT2D eigenvalue weighted by molar-refractivity contribution is -0.137. The fourth-order valence-corrected chi connectivity index (χ4v) is 4.35. The average molecular weight is 398 g/mol. The monoisotopic (exact) mass is 397 g/mol. The first-order chi connectivity index (χ1) is 12.5. The number of hydrogen-bond donors (Lipinski definition) is 0. The summed E-state index contributed by atoms with van der Waals surface area (Å²) in [4.78, 5) is 26.9. The zero-order chi connectivity index (χ0) is 20.1. The SMILES string of the molecule is CC(=O)C1=C(C)N2CCCC2=C(C(C)=O)C1c1ccc(Cl)c(C(F)(F)F)c1. The maximum absolute atomic E-state index is 13.3. The highest BCUT2D eigenvalue weighted by Gasteiger charge is 2.41. The van der Waals surface area contributed by atoms with Crippen molar-refractivity contribution in [1.82, 2.24) is 4.90 Å². The number of carbonyl (C=O) groups is 2. The number of ketones is 2. The summed E-state index contributed by atoms with van der Waals surface area (Å²) < 4.78 is 40.0. The Morgan fingerprint density at radius 2 is 1.78 bits per heavy atom. The van der Waals surface area contributed by atoms with Crippen LogP contribution in [0.1, 0.15) is 50.7 Å². The van der Waals surface area contributed by atoms with Crippen molar-refractivity contribution < 1.29 is 22.8 Å². The third kappa shape index (κ3) is 3.31. The van der Waals surface area contributed by atoms with Crippen LogP contribution in [0.3, 0.4) is 0 Å². The van der Waals surface area contributed by atoms with E-state index >= 15 is 0 Å². The van der Waals surface area contributed by atoms with E-state index in [1.165, 1.54) is 26.0 Å². The number of alkyl halides is 3. The predicted molar refractivity (Wildman–Crippen MR) is 96.2 cm³/mol. The van der Waals surface area contributed by atoms with Crippen molar-refractivity contribution in [3.05, 3.63) is 56.9 Å². The molecule has 1 aromatic rings. The second kappa shape index (κ2) is 6.82. The Balaban J connectivity index is 2.29. The minimum absolute atomic E-state index is 0.239. The van der Waals surface area contributed by atoms with Crippen molar-refractivity contribution in [1.29, 1.82) is 0 Å². The van der Waals surface area contributed by atoms with E-state index in [-0.39, 0.29) is 17.1 Å². The molecule has 1 aromatic carbocycles. The number of carbonyl (C=O) groups excluding carboxylic acids is 2. The van der Waals surface area contributed by atoms with Gasteiger partial charge in [0.25, 0.3) is 0 Å². The highest BCUT2D eigenvalue weighted by molar-refractivity contribution is 6.31. The Bertz CT molecular complexity index is 899. The number of halogens is 4. The van der Waals surface area contributed by atoms with Crippen LogP contribution < -0.4 is 0 Å². The molecule has 1 atom stereocenters. The number of hydrogen-bond acceptors (Lipinski definition) is 3. The summed E-state index contributed by atoms with van der Waals surface area (Å²) in [5, 5.41) is -0.411. The van der Waals surface area contributed by atoms with Gasteiger partial charge in [-0.3, -0.25) is 9.59 Å². The van der Waals surface area contributed by atoms with E-state index in [1.54, 1.807) is 6.92 Å². The summed E-state index contributed by atoms with van der Waals surface area (Å²) in [6, 6.07) is 3.60. The molecular weight excluding hydrogens is 379 g/mol. The number of benzene rings is 1. The van der Waals surface area contributed by atoms with E-state index in [2.05, 4.69) is 0 Å². The summed E-state index contributed by atoms with van der Waals surface area (Å²) in [7, 11) is 0. The maximum atomic E-state index is 13.3. The molecule has 144 valence electrons. The molecule has 1 unspecified atom stereocenters. The fraction of sp³-hybridized carbons (Fsp3) is 0.400. The van der Waals surface area contributed by atoms with Crippen LogP contribution in [0.15, 0.2) is 40.7 Å². The molecule has 0 saturated carbocycles. The minimum atomic E-state index is -4.63. The van der Waals surface area contributed by atoms with E-state index < -0.39 is 22.7 Å². The minimum Gasteiger partial charge on any atom is -0.348 e. The molecule has 1 saturated heterocycles. The summed E-state index contributed by atoms with van der Waals surface area (Å²) >= 11 is 5.75. The zero-order valence-corrected chi connectivity index (χ0v) is 16.0. The van der Waals surface area contributed by atoms with Gasteiger partial charge in [-0.05, 0) is 51.3 Å². The lowest BCUT2D eigenvalue weighted by Crippen LogP contribution is -2.31. The number of fused-ring (bicyclic) bond motifs is 1. The van der Waals surface area contributed by atoms with Gasteiger partial charge >= 0.3 is 6.18 Å². The molecule has 0 aliphatic carbocycles. The summed E-state index contributed by atoms with van der Waals surface area (Å²) in [5.41, 5.74) is 1.55. The smallest absolute Gasteiger partial charge is 0.348 e. The van der Waals surface area contributed by atoms with Gasteiger partial charge in [0, 0.05) is 35.0 Å². The van der Waals surface area contributed by atoms with Gasteiger partial charge in [-0.1, -0.05) is 17.7 Å². The third-order valence-electron chi connectivity index (χ3n) is 5.19. The molecule has 27 heavy (non-hydrogen) atoms. The molecule has 0 amide bonds. The van der Waals surface area contributed by atoms with Crippen LogP contribution in [0.4, 0.5) is 13.2 Å². The predicted octanol–water partition coefficient (Wildman–Crippen LogP) is 5.26. The maximum Gasteiger partial charge on any atom is 0.417 e. The average Bonchev–Trinajstić information content (AvgIpc) is 3.02. The lowest BCUT2D eigenvalue weighted by atomic mass is 9.76. The first-order valence-electron chi connectivity index (χ1n) is 8.64. The van der Waals surface area contributed by atoms with Gasteiger partial charge in [-0.25, -0.2) is 0 Å². The van der Waals surface area contributed by atoms with Crippen LogP contribution in [-0.2, 0) is 15.8 Å². The molecule has 2 aliphatic heterocycles. The molecule has 3 nitrogen and oxygen atoms in total. The number of rotatable bonds is 3. The fourth-order valence-electron chi connectivity index (χ4n) is 4.13. The standard InChI is InChI=1S/C20H19ClF3NO2/c1-10-17(11(2)26)19(18(12(3)27)16-5-4-8-25(10)16)13-6-7-15(21)14(9-13)20(22,23)24/h6-7,9,19H,4-5,8H2,1-3H3. The highest BCUT2D eigenvalue weighted by atomic mass is 35.5. The van der Waals surface area contributed by atoms with Crippen molar-refractivity contribution in [2.75, 3.05) is 6.54 Å². The van der Waals surface area contributed by atoms with Gasteiger partial charge in [0.2, 0.25) is 0 Å². The molecule has 0 aromatic heterocycles. The molecular formula is C20H19ClF3NO2. The Morgan fingerprint density at radius 3 is 2.33 bits per heavy atom. The van der Waals surface area contributed by atoms with Crippen LogP contribution in [-0.4, -0.2) is 23.0 Å². The van der Waals surface area contributed by atoms with Crippen molar-refractivity contribution in [3.8, 4) is 0 Å². The van der Waals surface area contributed by atoms with E-state index in [0.717, 1.165) is 18.2 Å². The van der Waals surface area contributed by atoms with Gasteiger partial charge < -0.3 is 4.90 Å². The second-order valence-electron chi connectivity index (χ2n) is 6.90. The van der Waals surface area contributed by atoms with Gasteiger partial charge in [-0.15, -0.1) is 0 Å². The van der Waals surface area contributed by atoms with Crippen molar-refractivity contribution in [3.63, 3.8) is 0 Å². The third-order valence-corrected chi connectivity index (χ3v) is 5.52. The van der Waals surface area contributed by atoms with E-state index in [9.17, 15) is 22.8 Å². The molecule has 0 radical (unpaired) electrons. The van der Waals surface area contributed by atoms with Crippen molar-refractivity contribution in [2.45, 2.75) is 45.7 Å². The molecule has 1 fully saturated rings. The van der Waals surface area contributed by atoms with Gasteiger partial charge in [0.1, 0.15) is 0 Å². The van der Waals surface area contributed by atoms with E-state index in [0.29, 0.717) is 29.8 Å². The molecule has 3 rings (SSSR count). The van der Waals surface area contributed by atoms with Crippen molar-refractivity contribution >= 4 is 23.2 Å². The summed E-state index contributed by atoms with van der Waals surface area (Å²) in [6.07, 6.45) is -3.14. The molecule has 2 aliphatic rings. The molecule has 0 N–H and O–H groups in total. The molecule has 0 bridgehead atoms. The van der Waals surface area contributed by atoms with Crippen LogP contribution in [0.25, 0.3) is 0 Å². The highest BCUT2D eigenvalue weighted by Crippen LogP contribution is 2.47.